The highest BCUT2D eigenvalue weighted by Gasteiger charge is 2.32. The number of aryl methyl sites for hydroxylation is 1. The predicted octanol–water partition coefficient (Wildman–Crippen LogP) is -0.209. The van der Waals surface area contributed by atoms with Crippen molar-refractivity contribution in [2.45, 2.75) is 31.0 Å². The molecule has 0 saturated carbocycles. The number of nitrogens with one attached hydrogen (secondary N) is 1. The van der Waals surface area contributed by atoms with Crippen molar-refractivity contribution in [1.29, 1.82) is 0 Å². The Bertz CT molecular complexity index is 486. The zero-order valence-corrected chi connectivity index (χ0v) is 11.1. The number of hydrogen-bond acceptors (Lipinski definition) is 4. The second-order valence-corrected chi connectivity index (χ2v) is 6.55. The van der Waals surface area contributed by atoms with Gasteiger partial charge in [-0.2, -0.15) is 4.31 Å². The van der Waals surface area contributed by atoms with Crippen molar-refractivity contribution in [3.05, 3.63) is 12.5 Å². The SMILES string of the molecule is CC1CN(S(=O)(=O)c2cn(C)cn2)CC(C)N1. The number of imidazole rings is 1. The average molecular weight is 258 g/mol. The van der Waals surface area contributed by atoms with Gasteiger partial charge in [0.25, 0.3) is 10.0 Å². The zero-order chi connectivity index (χ0) is 12.6. The van der Waals surface area contributed by atoms with Crippen LogP contribution in [0.5, 0.6) is 0 Å². The summed E-state index contributed by atoms with van der Waals surface area (Å²) in [4.78, 5) is 3.93. The van der Waals surface area contributed by atoms with E-state index in [0.717, 1.165) is 0 Å². The Labute approximate surface area is 102 Å². The van der Waals surface area contributed by atoms with Gasteiger partial charge in [-0.25, -0.2) is 13.4 Å². The maximum atomic E-state index is 12.3. The number of piperazine rings is 1. The molecule has 1 N–H and O–H groups in total. The van der Waals surface area contributed by atoms with Crippen molar-refractivity contribution in [3.63, 3.8) is 0 Å². The minimum Gasteiger partial charge on any atom is -0.339 e. The van der Waals surface area contributed by atoms with E-state index in [1.165, 1.54) is 16.8 Å². The summed E-state index contributed by atoms with van der Waals surface area (Å²) in [6.07, 6.45) is 3.04. The lowest BCUT2D eigenvalue weighted by Gasteiger charge is -2.34. The van der Waals surface area contributed by atoms with Crippen LogP contribution in [0.3, 0.4) is 0 Å². The standard InChI is InChI=1S/C10H18N4O2S/c1-8-4-14(5-9(2)12-8)17(15,16)10-6-13(3)7-11-10/h6-9,12H,4-5H2,1-3H3. The Balaban J connectivity index is 2.26. The second-order valence-electron chi connectivity index (χ2n) is 4.67. The third kappa shape index (κ3) is 2.51. The fraction of sp³-hybridized carbons (Fsp3) is 0.700. The summed E-state index contributed by atoms with van der Waals surface area (Å²) in [6, 6.07) is 0.328. The maximum Gasteiger partial charge on any atom is 0.262 e. The fourth-order valence-electron chi connectivity index (χ4n) is 2.13. The number of hydrogen-bond donors (Lipinski definition) is 1. The Kier molecular flexibility index (Phi) is 3.24. The van der Waals surface area contributed by atoms with Gasteiger partial charge in [-0.1, -0.05) is 0 Å². The van der Waals surface area contributed by atoms with Crippen LogP contribution in [0.1, 0.15) is 13.8 Å². The van der Waals surface area contributed by atoms with E-state index in [2.05, 4.69) is 10.3 Å². The molecule has 7 heteroatoms. The van der Waals surface area contributed by atoms with E-state index >= 15 is 0 Å². The van der Waals surface area contributed by atoms with Crippen molar-refractivity contribution >= 4 is 10.0 Å². The van der Waals surface area contributed by atoms with Crippen molar-refractivity contribution in [2.75, 3.05) is 13.1 Å². The van der Waals surface area contributed by atoms with Gasteiger partial charge in [0.15, 0.2) is 5.03 Å². The largest absolute Gasteiger partial charge is 0.339 e. The van der Waals surface area contributed by atoms with Crippen LogP contribution in [0.2, 0.25) is 0 Å². The molecule has 1 aliphatic heterocycles. The summed E-state index contributed by atoms with van der Waals surface area (Å²) in [7, 11) is -1.69. The molecule has 0 spiro atoms. The molecule has 1 aliphatic rings. The summed E-state index contributed by atoms with van der Waals surface area (Å²) in [5, 5.41) is 3.43. The molecule has 17 heavy (non-hydrogen) atoms. The van der Waals surface area contributed by atoms with E-state index in [1.54, 1.807) is 11.6 Å². The Morgan fingerprint density at radius 2 is 1.94 bits per heavy atom. The van der Waals surface area contributed by atoms with Crippen LogP contribution in [-0.4, -0.2) is 47.4 Å². The van der Waals surface area contributed by atoms with Gasteiger partial charge in [0.2, 0.25) is 0 Å². The zero-order valence-electron chi connectivity index (χ0n) is 10.3. The molecule has 96 valence electrons. The lowest BCUT2D eigenvalue weighted by Crippen LogP contribution is -2.55. The molecule has 1 fully saturated rings. The molecule has 0 bridgehead atoms. The Morgan fingerprint density at radius 1 is 1.35 bits per heavy atom. The molecule has 1 saturated heterocycles. The molecular weight excluding hydrogens is 240 g/mol. The fourth-order valence-corrected chi connectivity index (χ4v) is 3.71. The molecule has 6 nitrogen and oxygen atoms in total. The van der Waals surface area contributed by atoms with Gasteiger partial charge in [0.05, 0.1) is 6.33 Å². The first-order valence-corrected chi connectivity index (χ1v) is 7.08. The molecule has 0 aliphatic carbocycles. The molecule has 0 aromatic carbocycles. The van der Waals surface area contributed by atoms with Crippen LogP contribution >= 0.6 is 0 Å². The summed E-state index contributed by atoms with van der Waals surface area (Å²) >= 11 is 0. The highest BCUT2D eigenvalue weighted by Crippen LogP contribution is 2.16. The van der Waals surface area contributed by atoms with Crippen LogP contribution in [0.25, 0.3) is 0 Å². The summed E-state index contributed by atoms with van der Waals surface area (Å²) in [6.45, 7) is 4.94. The molecular formula is C10H18N4O2S. The lowest BCUT2D eigenvalue weighted by molar-refractivity contribution is 0.262. The Hall–Kier alpha value is -0.920. The van der Waals surface area contributed by atoms with Crippen LogP contribution in [0.4, 0.5) is 0 Å². The van der Waals surface area contributed by atoms with Crippen molar-refractivity contribution in [2.24, 2.45) is 7.05 Å². The molecule has 2 unspecified atom stereocenters. The summed E-state index contributed by atoms with van der Waals surface area (Å²) in [5.41, 5.74) is 0. The van der Waals surface area contributed by atoms with Crippen LogP contribution in [0.15, 0.2) is 17.6 Å². The van der Waals surface area contributed by atoms with Gasteiger partial charge in [0, 0.05) is 38.4 Å². The third-order valence-electron chi connectivity index (χ3n) is 2.81. The minimum absolute atomic E-state index is 0.126. The van der Waals surface area contributed by atoms with E-state index < -0.39 is 10.0 Å². The monoisotopic (exact) mass is 258 g/mol. The molecule has 1 aromatic rings. The van der Waals surface area contributed by atoms with Gasteiger partial charge in [-0.05, 0) is 13.8 Å². The van der Waals surface area contributed by atoms with E-state index in [-0.39, 0.29) is 17.1 Å². The molecule has 2 atom stereocenters. The predicted molar refractivity (Wildman–Crippen MR) is 64.0 cm³/mol. The molecule has 1 aromatic heterocycles. The van der Waals surface area contributed by atoms with Crippen molar-refractivity contribution in [3.8, 4) is 0 Å². The second kappa shape index (κ2) is 4.40. The molecule has 0 amide bonds. The molecule has 0 radical (unpaired) electrons. The van der Waals surface area contributed by atoms with E-state index in [1.807, 2.05) is 13.8 Å². The van der Waals surface area contributed by atoms with Gasteiger partial charge in [0.1, 0.15) is 0 Å². The van der Waals surface area contributed by atoms with E-state index in [4.69, 9.17) is 0 Å². The maximum absolute atomic E-state index is 12.3. The number of sulfonamides is 1. The first-order valence-electron chi connectivity index (χ1n) is 5.64. The average Bonchev–Trinajstić information content (AvgIpc) is 2.64. The lowest BCUT2D eigenvalue weighted by atomic mass is 10.2. The van der Waals surface area contributed by atoms with E-state index in [0.29, 0.717) is 13.1 Å². The first kappa shape index (κ1) is 12.5. The van der Waals surface area contributed by atoms with Crippen molar-refractivity contribution in [1.82, 2.24) is 19.2 Å². The highest BCUT2D eigenvalue weighted by atomic mass is 32.2. The van der Waals surface area contributed by atoms with Crippen LogP contribution in [0, 0.1) is 0 Å². The van der Waals surface area contributed by atoms with Crippen molar-refractivity contribution < 1.29 is 8.42 Å². The van der Waals surface area contributed by atoms with Crippen LogP contribution in [-0.2, 0) is 17.1 Å². The first-order chi connectivity index (χ1) is 7.89. The van der Waals surface area contributed by atoms with Gasteiger partial charge in [-0.15, -0.1) is 0 Å². The molecule has 2 heterocycles. The number of nitrogens with zero attached hydrogens (tertiary/aromatic N) is 3. The van der Waals surface area contributed by atoms with Gasteiger partial charge < -0.3 is 9.88 Å². The highest BCUT2D eigenvalue weighted by molar-refractivity contribution is 7.89. The number of aromatic nitrogens is 2. The molecule has 2 rings (SSSR count). The number of rotatable bonds is 2. The normalized spacial score (nSPS) is 27.2. The van der Waals surface area contributed by atoms with Gasteiger partial charge >= 0.3 is 0 Å². The minimum atomic E-state index is -3.45. The van der Waals surface area contributed by atoms with Crippen LogP contribution < -0.4 is 5.32 Å². The summed E-state index contributed by atoms with van der Waals surface area (Å²) < 4.78 is 27.8. The summed E-state index contributed by atoms with van der Waals surface area (Å²) in [5.74, 6) is 0. The topological polar surface area (TPSA) is 67.2 Å². The quantitative estimate of drug-likeness (QED) is 0.797. The smallest absolute Gasteiger partial charge is 0.262 e. The Morgan fingerprint density at radius 3 is 2.41 bits per heavy atom. The van der Waals surface area contributed by atoms with Gasteiger partial charge in [-0.3, -0.25) is 0 Å². The third-order valence-corrected chi connectivity index (χ3v) is 4.53. The van der Waals surface area contributed by atoms with E-state index in [9.17, 15) is 8.42 Å².